The molecule has 268 valence electrons. The van der Waals surface area contributed by atoms with E-state index in [9.17, 15) is 0 Å². The first kappa shape index (κ1) is 34.2. The van der Waals surface area contributed by atoms with Crippen LogP contribution in [-0.4, -0.2) is 20.2 Å². The number of benzene rings is 6. The molecule has 6 aromatic rings. The minimum atomic E-state index is 0.581. The van der Waals surface area contributed by atoms with Crippen molar-refractivity contribution in [2.45, 2.75) is 53.8 Å². The summed E-state index contributed by atoms with van der Waals surface area (Å²) in [5.74, 6) is 3.00. The van der Waals surface area contributed by atoms with Gasteiger partial charge in [0, 0.05) is 53.4 Å². The third kappa shape index (κ3) is 7.97. The highest BCUT2D eigenvalue weighted by molar-refractivity contribution is 5.55. The highest BCUT2D eigenvalue weighted by Crippen LogP contribution is 2.33. The van der Waals surface area contributed by atoms with Crippen molar-refractivity contribution in [3.05, 3.63) is 177 Å². The monoisotopic (exact) mass is 701 g/mol. The van der Waals surface area contributed by atoms with Crippen LogP contribution in [0.2, 0.25) is 0 Å². The number of nitrogens with zero attached hydrogens (tertiary/aromatic N) is 3. The van der Waals surface area contributed by atoms with Crippen molar-refractivity contribution in [1.82, 2.24) is 0 Å². The van der Waals surface area contributed by atoms with Gasteiger partial charge in [0.05, 0.1) is 0 Å². The van der Waals surface area contributed by atoms with Crippen molar-refractivity contribution in [3.63, 3.8) is 0 Å². The molecular formula is C47H47N3O3. The summed E-state index contributed by atoms with van der Waals surface area (Å²) in [6.07, 6.45) is 0.884. The maximum absolute atomic E-state index is 6.08. The van der Waals surface area contributed by atoms with Gasteiger partial charge in [0.25, 0.3) is 0 Å². The molecule has 0 saturated heterocycles. The summed E-state index contributed by atoms with van der Waals surface area (Å²) < 4.78 is 18.0. The molecule has 0 aromatic heterocycles. The first-order chi connectivity index (χ1) is 25.8. The van der Waals surface area contributed by atoms with E-state index in [-0.39, 0.29) is 0 Å². The Morgan fingerprint density at radius 1 is 0.396 bits per heavy atom. The Bertz CT molecular complexity index is 2140. The summed E-state index contributed by atoms with van der Waals surface area (Å²) >= 11 is 0. The van der Waals surface area contributed by atoms with Crippen molar-refractivity contribution in [1.29, 1.82) is 0 Å². The van der Waals surface area contributed by atoms with E-state index in [0.29, 0.717) is 20.2 Å². The van der Waals surface area contributed by atoms with Gasteiger partial charge in [0.1, 0.15) is 17.2 Å². The lowest BCUT2D eigenvalue weighted by Gasteiger charge is -2.31. The molecular weight excluding hydrogens is 655 g/mol. The largest absolute Gasteiger partial charge is 0.473 e. The zero-order valence-electron chi connectivity index (χ0n) is 31.1. The summed E-state index contributed by atoms with van der Waals surface area (Å²) in [7, 11) is 0. The molecule has 53 heavy (non-hydrogen) atoms. The fourth-order valence-corrected chi connectivity index (χ4v) is 7.39. The van der Waals surface area contributed by atoms with Gasteiger partial charge in [-0.05, 0) is 129 Å². The van der Waals surface area contributed by atoms with Gasteiger partial charge < -0.3 is 28.9 Å². The second kappa shape index (κ2) is 15.0. The van der Waals surface area contributed by atoms with Crippen LogP contribution in [0.5, 0.6) is 17.2 Å². The third-order valence-corrected chi connectivity index (χ3v) is 10.2. The molecule has 0 spiro atoms. The summed E-state index contributed by atoms with van der Waals surface area (Å²) in [5.41, 5.74) is 15.1. The first-order valence-corrected chi connectivity index (χ1v) is 18.5. The van der Waals surface area contributed by atoms with Crippen LogP contribution in [0.25, 0.3) is 0 Å². The molecule has 0 atom stereocenters. The minimum Gasteiger partial charge on any atom is -0.473 e. The molecule has 0 aliphatic carbocycles. The molecule has 3 heterocycles. The molecule has 0 amide bonds. The highest BCUT2D eigenvalue weighted by atomic mass is 16.5. The summed E-state index contributed by atoms with van der Waals surface area (Å²) in [5, 5.41) is 0. The number of rotatable bonds is 5. The van der Waals surface area contributed by atoms with E-state index in [1.165, 1.54) is 67.1 Å². The number of ether oxygens (including phenoxy) is 3. The molecule has 0 radical (unpaired) electrons. The molecule has 0 unspecified atom stereocenters. The van der Waals surface area contributed by atoms with Crippen molar-refractivity contribution in [2.75, 3.05) is 34.9 Å². The lowest BCUT2D eigenvalue weighted by atomic mass is 9.99. The third-order valence-electron chi connectivity index (χ3n) is 10.2. The van der Waals surface area contributed by atoms with E-state index in [0.717, 1.165) is 43.3 Å². The topological polar surface area (TPSA) is 37.4 Å². The molecule has 6 heteroatoms. The van der Waals surface area contributed by atoms with E-state index >= 15 is 0 Å². The zero-order chi connectivity index (χ0) is 36.3. The Hall–Kier alpha value is -5.88. The predicted molar refractivity (Wildman–Crippen MR) is 215 cm³/mol. The molecule has 6 aromatic carbocycles. The first-order valence-electron chi connectivity index (χ1n) is 18.5. The molecule has 0 bridgehead atoms. The lowest BCUT2D eigenvalue weighted by Crippen LogP contribution is -2.32. The molecule has 0 saturated carbocycles. The Kier molecular flexibility index (Phi) is 9.68. The number of hydrogen-bond acceptors (Lipinski definition) is 6. The van der Waals surface area contributed by atoms with E-state index in [1.807, 2.05) is 0 Å². The predicted octanol–water partition coefficient (Wildman–Crippen LogP) is 10.3. The maximum Gasteiger partial charge on any atom is 0.161 e. The SMILES string of the molecule is Cc1cccc(N2COc3ccc(C)cc3C2)c1.Cc1cccc(N2COc3ccc(Cc4ccc5c(c4)CN(c4cccc(C)c4)CO5)cc3C2)c1. The van der Waals surface area contributed by atoms with Gasteiger partial charge in [-0.3, -0.25) is 0 Å². The summed E-state index contributed by atoms with van der Waals surface area (Å²) in [6.45, 7) is 12.9. The van der Waals surface area contributed by atoms with E-state index < -0.39 is 0 Å². The van der Waals surface area contributed by atoms with Crippen LogP contribution in [0.3, 0.4) is 0 Å². The van der Waals surface area contributed by atoms with Gasteiger partial charge in [-0.25, -0.2) is 0 Å². The van der Waals surface area contributed by atoms with Gasteiger partial charge in [0.15, 0.2) is 20.2 Å². The zero-order valence-corrected chi connectivity index (χ0v) is 31.1. The van der Waals surface area contributed by atoms with E-state index in [4.69, 9.17) is 14.2 Å². The Balaban J connectivity index is 0.000000186. The van der Waals surface area contributed by atoms with Crippen LogP contribution in [0.4, 0.5) is 17.1 Å². The normalized spacial score (nSPS) is 14.4. The molecule has 6 nitrogen and oxygen atoms in total. The van der Waals surface area contributed by atoms with Gasteiger partial charge in [0.2, 0.25) is 0 Å². The number of hydrogen-bond donors (Lipinski definition) is 0. The van der Waals surface area contributed by atoms with Gasteiger partial charge >= 0.3 is 0 Å². The molecule has 0 fully saturated rings. The minimum absolute atomic E-state index is 0.581. The molecule has 0 N–H and O–H groups in total. The van der Waals surface area contributed by atoms with E-state index in [1.54, 1.807) is 0 Å². The van der Waals surface area contributed by atoms with Crippen molar-refractivity contribution in [3.8, 4) is 17.2 Å². The molecule has 3 aliphatic rings. The number of aryl methyl sites for hydroxylation is 4. The second-order valence-corrected chi connectivity index (χ2v) is 14.6. The van der Waals surface area contributed by atoms with Gasteiger partial charge in [-0.1, -0.05) is 66.2 Å². The van der Waals surface area contributed by atoms with Crippen molar-refractivity contribution >= 4 is 17.1 Å². The Morgan fingerprint density at radius 2 is 0.755 bits per heavy atom. The quantitative estimate of drug-likeness (QED) is 0.178. The molecule has 9 rings (SSSR count). The number of anilines is 3. The summed E-state index contributed by atoms with van der Waals surface area (Å²) in [4.78, 5) is 6.83. The van der Waals surface area contributed by atoms with Crippen LogP contribution in [0, 0.1) is 27.7 Å². The number of fused-ring (bicyclic) bond motifs is 3. The Morgan fingerprint density at radius 3 is 1.15 bits per heavy atom. The summed E-state index contributed by atoms with van der Waals surface area (Å²) in [6, 6.07) is 45.4. The smallest absolute Gasteiger partial charge is 0.161 e. The van der Waals surface area contributed by atoms with Crippen LogP contribution >= 0.6 is 0 Å². The average Bonchev–Trinajstić information content (AvgIpc) is 3.17. The average molecular weight is 702 g/mol. The van der Waals surface area contributed by atoms with Crippen molar-refractivity contribution < 1.29 is 14.2 Å². The van der Waals surface area contributed by atoms with Crippen LogP contribution in [0.1, 0.15) is 50.1 Å². The Labute approximate surface area is 313 Å². The van der Waals surface area contributed by atoms with Gasteiger partial charge in [-0.15, -0.1) is 0 Å². The van der Waals surface area contributed by atoms with E-state index in [2.05, 4.69) is 170 Å². The van der Waals surface area contributed by atoms with Crippen LogP contribution in [0.15, 0.2) is 127 Å². The lowest BCUT2D eigenvalue weighted by molar-refractivity contribution is 0.289. The fraction of sp³-hybridized carbons (Fsp3) is 0.234. The highest BCUT2D eigenvalue weighted by Gasteiger charge is 2.21. The van der Waals surface area contributed by atoms with Crippen molar-refractivity contribution in [2.24, 2.45) is 0 Å². The van der Waals surface area contributed by atoms with Crippen LogP contribution < -0.4 is 28.9 Å². The maximum atomic E-state index is 6.08. The van der Waals surface area contributed by atoms with Gasteiger partial charge in [-0.2, -0.15) is 0 Å². The van der Waals surface area contributed by atoms with Crippen LogP contribution in [-0.2, 0) is 26.1 Å². The molecule has 3 aliphatic heterocycles. The standard InChI is InChI=1S/C31H30N2O2.C16H17NO/c1-22-5-3-7-28(13-22)32-18-26-16-24(9-11-30(26)34-20-32)15-25-10-12-31-27(17-25)19-33(21-35-31)29-8-4-6-23(2)14-29;1-12-4-3-5-15(9-12)17-10-14-8-13(2)6-7-16(14)18-11-17/h3-14,16-17H,15,18-21H2,1-2H3;3-9H,10-11H2,1-2H3. The second-order valence-electron chi connectivity index (χ2n) is 14.6. The fourth-order valence-electron chi connectivity index (χ4n) is 7.39.